The van der Waals surface area contributed by atoms with Crippen molar-refractivity contribution in [1.82, 2.24) is 9.78 Å². The molecule has 2 aliphatic carbocycles. The Hall–Kier alpha value is -2.20. The van der Waals surface area contributed by atoms with E-state index in [0.29, 0.717) is 0 Å². The number of hydrogen-bond acceptors (Lipinski definition) is 2. The molecule has 2 fully saturated rings. The van der Waals surface area contributed by atoms with Crippen LogP contribution in [0.25, 0.3) is 16.6 Å². The van der Waals surface area contributed by atoms with Crippen molar-refractivity contribution in [2.75, 3.05) is 6.61 Å². The number of aryl methyl sites for hydroxylation is 1. The summed E-state index contributed by atoms with van der Waals surface area (Å²) in [5.74, 6) is 0.499. The molecule has 1 saturated carbocycles. The summed E-state index contributed by atoms with van der Waals surface area (Å²) in [7, 11) is 0. The van der Waals surface area contributed by atoms with E-state index >= 15 is 0 Å². The van der Waals surface area contributed by atoms with E-state index in [-0.39, 0.29) is 16.8 Å². The first kappa shape index (κ1) is 17.6. The summed E-state index contributed by atoms with van der Waals surface area (Å²) in [5, 5.41) is 5.83. The number of benzene rings is 2. The second-order valence-corrected chi connectivity index (χ2v) is 9.38. The monoisotopic (exact) mass is 390 g/mol. The molecule has 2 heterocycles. The Bertz CT molecular complexity index is 1080. The third-order valence-electron chi connectivity index (χ3n) is 8.01. The Morgan fingerprint density at radius 1 is 1.21 bits per heavy atom. The SMILES string of the molecule is CC[C@]12CC[C@]3(CO3)C[C@@H]1CCCc1cc3c(cnn3-c3ccc(F)cc3)cc12. The van der Waals surface area contributed by atoms with Gasteiger partial charge >= 0.3 is 0 Å². The van der Waals surface area contributed by atoms with Gasteiger partial charge in [0.25, 0.3) is 0 Å². The van der Waals surface area contributed by atoms with E-state index in [1.165, 1.54) is 61.6 Å². The lowest BCUT2D eigenvalue weighted by Gasteiger charge is -2.46. The molecule has 3 aliphatic rings. The van der Waals surface area contributed by atoms with Crippen LogP contribution in [0.3, 0.4) is 0 Å². The van der Waals surface area contributed by atoms with Gasteiger partial charge in [-0.3, -0.25) is 0 Å². The van der Waals surface area contributed by atoms with Crippen molar-refractivity contribution >= 4 is 10.9 Å². The van der Waals surface area contributed by atoms with Crippen molar-refractivity contribution in [3.63, 3.8) is 0 Å². The summed E-state index contributed by atoms with van der Waals surface area (Å²) >= 11 is 0. The lowest BCUT2D eigenvalue weighted by Crippen LogP contribution is -2.43. The van der Waals surface area contributed by atoms with E-state index in [1.807, 2.05) is 10.9 Å². The van der Waals surface area contributed by atoms with Crippen LogP contribution in [0.15, 0.2) is 42.6 Å². The van der Waals surface area contributed by atoms with Crippen LogP contribution in [-0.4, -0.2) is 22.0 Å². The molecule has 3 nitrogen and oxygen atoms in total. The highest BCUT2D eigenvalue weighted by atomic mass is 19.1. The molecule has 0 radical (unpaired) electrons. The molecule has 1 saturated heterocycles. The second-order valence-electron chi connectivity index (χ2n) is 9.38. The Kier molecular flexibility index (Phi) is 3.74. The van der Waals surface area contributed by atoms with E-state index in [4.69, 9.17) is 4.74 Å². The molecule has 1 aromatic heterocycles. The predicted octanol–water partition coefficient (Wildman–Crippen LogP) is 5.72. The summed E-state index contributed by atoms with van der Waals surface area (Å²) in [6, 6.07) is 11.4. The molecule has 1 spiro atoms. The van der Waals surface area contributed by atoms with Crippen LogP contribution in [0.5, 0.6) is 0 Å². The van der Waals surface area contributed by atoms with E-state index in [2.05, 4.69) is 24.2 Å². The van der Waals surface area contributed by atoms with Gasteiger partial charge in [-0.25, -0.2) is 9.07 Å². The maximum Gasteiger partial charge on any atom is 0.123 e. The topological polar surface area (TPSA) is 30.4 Å². The number of epoxide rings is 1. The fourth-order valence-corrected chi connectivity index (χ4v) is 6.27. The van der Waals surface area contributed by atoms with Crippen molar-refractivity contribution in [2.45, 2.75) is 62.9 Å². The summed E-state index contributed by atoms with van der Waals surface area (Å²) in [6.45, 7) is 3.35. The lowest BCUT2D eigenvalue weighted by atomic mass is 9.58. The van der Waals surface area contributed by atoms with Crippen molar-refractivity contribution in [3.05, 3.63) is 59.5 Å². The van der Waals surface area contributed by atoms with Crippen LogP contribution in [0.1, 0.15) is 56.6 Å². The molecule has 0 unspecified atom stereocenters. The predicted molar refractivity (Wildman–Crippen MR) is 112 cm³/mol. The van der Waals surface area contributed by atoms with E-state index in [1.54, 1.807) is 17.7 Å². The summed E-state index contributed by atoms with van der Waals surface area (Å²) in [6.07, 6.45) is 10.5. The van der Waals surface area contributed by atoms with Gasteiger partial charge in [0.2, 0.25) is 0 Å². The molecule has 29 heavy (non-hydrogen) atoms. The number of ether oxygens (including phenoxy) is 1. The Balaban J connectivity index is 1.49. The van der Waals surface area contributed by atoms with Crippen LogP contribution >= 0.6 is 0 Å². The zero-order valence-corrected chi connectivity index (χ0v) is 17.0. The van der Waals surface area contributed by atoms with Crippen LogP contribution in [-0.2, 0) is 16.6 Å². The van der Waals surface area contributed by atoms with E-state index < -0.39 is 0 Å². The summed E-state index contributed by atoms with van der Waals surface area (Å²) in [5.41, 5.74) is 5.56. The minimum absolute atomic E-state index is 0.214. The third-order valence-corrected chi connectivity index (χ3v) is 8.01. The fourth-order valence-electron chi connectivity index (χ4n) is 6.27. The molecule has 0 amide bonds. The van der Waals surface area contributed by atoms with E-state index in [9.17, 15) is 4.39 Å². The summed E-state index contributed by atoms with van der Waals surface area (Å²) < 4.78 is 21.2. The van der Waals surface area contributed by atoms with Crippen molar-refractivity contribution < 1.29 is 9.13 Å². The summed E-state index contributed by atoms with van der Waals surface area (Å²) in [4.78, 5) is 0. The van der Waals surface area contributed by atoms with Gasteiger partial charge in [0.15, 0.2) is 0 Å². The molecule has 6 rings (SSSR count). The van der Waals surface area contributed by atoms with Crippen molar-refractivity contribution in [3.8, 4) is 5.69 Å². The Morgan fingerprint density at radius 2 is 2.03 bits per heavy atom. The molecule has 3 aromatic rings. The number of rotatable bonds is 2. The van der Waals surface area contributed by atoms with Gasteiger partial charge in [-0.1, -0.05) is 6.92 Å². The first-order chi connectivity index (χ1) is 14.1. The molecule has 0 N–H and O–H groups in total. The Labute approximate surface area is 170 Å². The average Bonchev–Trinajstić information content (AvgIpc) is 3.40. The fraction of sp³-hybridized carbons (Fsp3) is 0.480. The van der Waals surface area contributed by atoms with Crippen LogP contribution in [0.4, 0.5) is 4.39 Å². The van der Waals surface area contributed by atoms with Crippen LogP contribution in [0.2, 0.25) is 0 Å². The number of fused-ring (bicyclic) bond motifs is 4. The first-order valence-electron chi connectivity index (χ1n) is 11.0. The molecule has 2 aromatic carbocycles. The molecule has 150 valence electrons. The smallest absolute Gasteiger partial charge is 0.123 e. The zero-order valence-electron chi connectivity index (χ0n) is 17.0. The van der Waals surface area contributed by atoms with Crippen LogP contribution in [0, 0.1) is 11.7 Å². The Morgan fingerprint density at radius 3 is 2.79 bits per heavy atom. The highest BCUT2D eigenvalue weighted by Crippen LogP contribution is 2.57. The third kappa shape index (κ3) is 2.61. The van der Waals surface area contributed by atoms with Crippen LogP contribution < -0.4 is 0 Å². The zero-order chi connectivity index (χ0) is 19.6. The molecule has 3 atom stereocenters. The molecular formula is C25H27FN2O. The van der Waals surface area contributed by atoms with Gasteiger partial charge in [0.1, 0.15) is 5.82 Å². The van der Waals surface area contributed by atoms with E-state index in [0.717, 1.165) is 30.1 Å². The maximum absolute atomic E-state index is 13.4. The van der Waals surface area contributed by atoms with Crippen molar-refractivity contribution in [1.29, 1.82) is 0 Å². The highest BCUT2D eigenvalue weighted by molar-refractivity contribution is 5.82. The molecule has 4 heteroatoms. The number of aromatic nitrogens is 2. The highest BCUT2D eigenvalue weighted by Gasteiger charge is 2.56. The number of halogens is 1. The quantitative estimate of drug-likeness (QED) is 0.524. The van der Waals surface area contributed by atoms with Gasteiger partial charge in [-0.15, -0.1) is 0 Å². The number of hydrogen-bond donors (Lipinski definition) is 0. The largest absolute Gasteiger partial charge is 0.370 e. The second kappa shape index (κ2) is 6.15. The molecule has 0 bridgehead atoms. The molecular weight excluding hydrogens is 363 g/mol. The van der Waals surface area contributed by atoms with Gasteiger partial charge in [0, 0.05) is 5.39 Å². The average molecular weight is 391 g/mol. The maximum atomic E-state index is 13.4. The standard InChI is InChI=1S/C25H27FN2O/c1-2-25-11-10-24(16-29-24)14-19(25)5-3-4-17-13-23-18(12-22(17)25)15-27-28(23)21-8-6-20(26)7-9-21/h6-9,12-13,15,19H,2-5,10-11,14,16H2,1H3/t19-,24+,25-/m0/s1. The van der Waals surface area contributed by atoms with Gasteiger partial charge in [-0.05, 0) is 104 Å². The number of nitrogens with zero attached hydrogens (tertiary/aromatic N) is 2. The van der Waals surface area contributed by atoms with Gasteiger partial charge in [0.05, 0.1) is 29.6 Å². The van der Waals surface area contributed by atoms with Gasteiger partial charge < -0.3 is 4.74 Å². The minimum atomic E-state index is -0.218. The molecule has 1 aliphatic heterocycles. The lowest BCUT2D eigenvalue weighted by molar-refractivity contribution is 0.0970. The van der Waals surface area contributed by atoms with Crippen molar-refractivity contribution in [2.24, 2.45) is 5.92 Å². The normalized spacial score (nSPS) is 30.8. The van der Waals surface area contributed by atoms with Gasteiger partial charge in [-0.2, -0.15) is 5.10 Å². The minimum Gasteiger partial charge on any atom is -0.370 e. The first-order valence-corrected chi connectivity index (χ1v) is 11.0.